The Hall–Kier alpha value is -1.95. The zero-order chi connectivity index (χ0) is 16.8. The molecule has 2 aromatic rings. The van der Waals surface area contributed by atoms with E-state index in [1.54, 1.807) is 12.1 Å². The van der Waals surface area contributed by atoms with E-state index in [0.29, 0.717) is 23.9 Å². The fourth-order valence-corrected chi connectivity index (χ4v) is 2.85. The van der Waals surface area contributed by atoms with Crippen LogP contribution in [0.2, 0.25) is 5.02 Å². The number of rotatable bonds is 5. The number of amides is 1. The summed E-state index contributed by atoms with van der Waals surface area (Å²) < 4.78 is 5.73. The topological polar surface area (TPSA) is 54.5 Å². The Bertz CT molecular complexity index is 664. The third kappa shape index (κ3) is 5.03. The second-order valence-corrected chi connectivity index (χ2v) is 6.26. The molecule has 1 amide bonds. The summed E-state index contributed by atoms with van der Waals surface area (Å²) in [5.74, 6) is 0.401. The molecule has 1 saturated heterocycles. The maximum Gasteiger partial charge on any atom is 0.228 e. The highest BCUT2D eigenvalue weighted by atomic mass is 35.5. The second kappa shape index (κ2) is 8.24. The van der Waals surface area contributed by atoms with E-state index in [9.17, 15) is 4.79 Å². The minimum atomic E-state index is -0.102. The lowest BCUT2D eigenvalue weighted by atomic mass is 10.1. The largest absolute Gasteiger partial charge is 0.375 e. The average molecular weight is 346 g/mol. The molecule has 1 N–H and O–H groups in total. The van der Waals surface area contributed by atoms with Crippen molar-refractivity contribution >= 4 is 23.3 Å². The molecule has 1 atom stereocenters. The van der Waals surface area contributed by atoms with Gasteiger partial charge in [-0.1, -0.05) is 41.9 Å². The fraction of sp³-hybridized carbons (Fsp3) is 0.333. The number of hydrogen-bond donors (Lipinski definition) is 1. The summed E-state index contributed by atoms with van der Waals surface area (Å²) in [6.07, 6.45) is 1.72. The van der Waals surface area contributed by atoms with E-state index in [4.69, 9.17) is 16.3 Å². The standard InChI is InChI=1S/C18H20ClN3O2/c19-15-6-7-17(20-11-15)21-18(23)10-16-13-22(8-9-24-16)12-14-4-2-1-3-5-14/h1-7,11,16H,8-10,12-13H2,(H,20,21,23). The van der Waals surface area contributed by atoms with E-state index in [0.717, 1.165) is 19.6 Å². The van der Waals surface area contributed by atoms with Crippen molar-refractivity contribution in [3.63, 3.8) is 0 Å². The molecular weight excluding hydrogens is 326 g/mol. The van der Waals surface area contributed by atoms with E-state index in [1.165, 1.54) is 11.8 Å². The van der Waals surface area contributed by atoms with Crippen molar-refractivity contribution in [2.24, 2.45) is 0 Å². The van der Waals surface area contributed by atoms with Gasteiger partial charge in [-0.2, -0.15) is 0 Å². The molecule has 126 valence electrons. The summed E-state index contributed by atoms with van der Waals surface area (Å²) in [4.78, 5) is 18.5. The van der Waals surface area contributed by atoms with Crippen LogP contribution in [0, 0.1) is 0 Å². The van der Waals surface area contributed by atoms with Crippen LogP contribution in [0.5, 0.6) is 0 Å². The van der Waals surface area contributed by atoms with E-state index in [-0.39, 0.29) is 12.0 Å². The van der Waals surface area contributed by atoms with Crippen LogP contribution in [-0.2, 0) is 16.1 Å². The quantitative estimate of drug-likeness (QED) is 0.905. The van der Waals surface area contributed by atoms with Crippen LogP contribution < -0.4 is 5.32 Å². The number of ether oxygens (including phenoxy) is 1. The molecule has 1 fully saturated rings. The van der Waals surface area contributed by atoms with E-state index < -0.39 is 0 Å². The lowest BCUT2D eigenvalue weighted by molar-refractivity contribution is -0.121. The number of halogens is 1. The van der Waals surface area contributed by atoms with Crippen LogP contribution in [0.4, 0.5) is 5.82 Å². The maximum atomic E-state index is 12.1. The Labute approximate surface area is 146 Å². The van der Waals surface area contributed by atoms with Crippen LogP contribution in [0.3, 0.4) is 0 Å². The molecule has 1 aromatic heterocycles. The number of anilines is 1. The molecule has 3 rings (SSSR count). The lowest BCUT2D eigenvalue weighted by Crippen LogP contribution is -2.43. The van der Waals surface area contributed by atoms with Crippen LogP contribution in [0.25, 0.3) is 0 Å². The van der Waals surface area contributed by atoms with Gasteiger partial charge in [0, 0.05) is 25.8 Å². The molecule has 0 spiro atoms. The number of hydrogen-bond acceptors (Lipinski definition) is 4. The minimum absolute atomic E-state index is 0.101. The molecule has 1 aliphatic rings. The summed E-state index contributed by atoms with van der Waals surface area (Å²) >= 11 is 5.79. The molecule has 2 heterocycles. The number of nitrogens with one attached hydrogen (secondary N) is 1. The van der Waals surface area contributed by atoms with Gasteiger partial charge in [-0.15, -0.1) is 0 Å². The first-order valence-electron chi connectivity index (χ1n) is 7.98. The van der Waals surface area contributed by atoms with Crippen molar-refractivity contribution in [2.45, 2.75) is 19.1 Å². The third-order valence-corrected chi connectivity index (χ3v) is 4.10. The van der Waals surface area contributed by atoms with Crippen molar-refractivity contribution in [3.05, 3.63) is 59.2 Å². The fourth-order valence-electron chi connectivity index (χ4n) is 2.74. The number of carbonyl (C=O) groups is 1. The van der Waals surface area contributed by atoms with Gasteiger partial charge in [0.2, 0.25) is 5.91 Å². The smallest absolute Gasteiger partial charge is 0.228 e. The SMILES string of the molecule is O=C(CC1CN(Cc2ccccc2)CCO1)Nc1ccc(Cl)cn1. The molecule has 0 aliphatic carbocycles. The van der Waals surface area contributed by atoms with Gasteiger partial charge in [-0.05, 0) is 17.7 Å². The van der Waals surface area contributed by atoms with Crippen molar-refractivity contribution in [1.29, 1.82) is 0 Å². The molecular formula is C18H20ClN3O2. The number of pyridine rings is 1. The molecule has 24 heavy (non-hydrogen) atoms. The van der Waals surface area contributed by atoms with E-state index >= 15 is 0 Å². The summed E-state index contributed by atoms with van der Waals surface area (Å²) in [6, 6.07) is 13.7. The van der Waals surface area contributed by atoms with Crippen molar-refractivity contribution in [1.82, 2.24) is 9.88 Å². The zero-order valence-corrected chi connectivity index (χ0v) is 14.1. The van der Waals surface area contributed by atoms with Crippen molar-refractivity contribution in [2.75, 3.05) is 25.0 Å². The summed E-state index contributed by atoms with van der Waals surface area (Å²) in [7, 11) is 0. The van der Waals surface area contributed by atoms with Crippen LogP contribution in [-0.4, -0.2) is 41.6 Å². The first-order chi connectivity index (χ1) is 11.7. The first kappa shape index (κ1) is 16.9. The highest BCUT2D eigenvalue weighted by molar-refractivity contribution is 6.30. The van der Waals surface area contributed by atoms with Gasteiger partial charge >= 0.3 is 0 Å². The Kier molecular flexibility index (Phi) is 5.80. The summed E-state index contributed by atoms with van der Waals surface area (Å²) in [6.45, 7) is 3.15. The highest BCUT2D eigenvalue weighted by Crippen LogP contribution is 2.14. The number of morpholine rings is 1. The summed E-state index contributed by atoms with van der Waals surface area (Å²) in [5.41, 5.74) is 1.27. The molecule has 1 aliphatic heterocycles. The maximum absolute atomic E-state index is 12.1. The average Bonchev–Trinajstić information content (AvgIpc) is 2.58. The van der Waals surface area contributed by atoms with Crippen LogP contribution in [0.1, 0.15) is 12.0 Å². The predicted octanol–water partition coefficient (Wildman–Crippen LogP) is 2.96. The lowest BCUT2D eigenvalue weighted by Gasteiger charge is -2.32. The monoisotopic (exact) mass is 345 g/mol. The molecule has 0 bridgehead atoms. The van der Waals surface area contributed by atoms with Gasteiger partial charge in [0.25, 0.3) is 0 Å². The molecule has 1 aromatic carbocycles. The Morgan fingerprint density at radius 2 is 2.12 bits per heavy atom. The molecule has 1 unspecified atom stereocenters. The zero-order valence-electron chi connectivity index (χ0n) is 13.3. The van der Waals surface area contributed by atoms with Gasteiger partial charge in [-0.25, -0.2) is 4.98 Å². The summed E-state index contributed by atoms with van der Waals surface area (Å²) in [5, 5.41) is 3.32. The van der Waals surface area contributed by atoms with Gasteiger partial charge in [0.05, 0.1) is 24.2 Å². The Morgan fingerprint density at radius 1 is 1.29 bits per heavy atom. The van der Waals surface area contributed by atoms with Gasteiger partial charge in [0.15, 0.2) is 0 Å². The number of nitrogens with zero attached hydrogens (tertiary/aromatic N) is 2. The number of aromatic nitrogens is 1. The predicted molar refractivity (Wildman–Crippen MR) is 94.0 cm³/mol. The van der Waals surface area contributed by atoms with E-state index in [2.05, 4.69) is 27.3 Å². The second-order valence-electron chi connectivity index (χ2n) is 5.83. The molecule has 0 saturated carbocycles. The van der Waals surface area contributed by atoms with E-state index in [1.807, 2.05) is 18.2 Å². The highest BCUT2D eigenvalue weighted by Gasteiger charge is 2.23. The van der Waals surface area contributed by atoms with Crippen LogP contribution >= 0.6 is 11.6 Å². The minimum Gasteiger partial charge on any atom is -0.375 e. The Balaban J connectivity index is 1.49. The first-order valence-corrected chi connectivity index (χ1v) is 8.36. The number of benzene rings is 1. The van der Waals surface area contributed by atoms with Gasteiger partial charge in [0.1, 0.15) is 5.82 Å². The van der Waals surface area contributed by atoms with Crippen molar-refractivity contribution < 1.29 is 9.53 Å². The van der Waals surface area contributed by atoms with Crippen LogP contribution in [0.15, 0.2) is 48.7 Å². The van der Waals surface area contributed by atoms with Gasteiger partial charge in [-0.3, -0.25) is 9.69 Å². The van der Waals surface area contributed by atoms with Gasteiger partial charge < -0.3 is 10.1 Å². The normalized spacial score (nSPS) is 18.3. The van der Waals surface area contributed by atoms with Crippen molar-refractivity contribution in [3.8, 4) is 0 Å². The third-order valence-electron chi connectivity index (χ3n) is 3.88. The number of carbonyl (C=O) groups excluding carboxylic acids is 1. The molecule has 0 radical (unpaired) electrons. The Morgan fingerprint density at radius 3 is 2.88 bits per heavy atom. The molecule has 6 heteroatoms. The molecule has 5 nitrogen and oxygen atoms in total.